The predicted octanol–water partition coefficient (Wildman–Crippen LogP) is 0.634. The highest BCUT2D eigenvalue weighted by atomic mass is 32.2. The van der Waals surface area contributed by atoms with Gasteiger partial charge in [0.1, 0.15) is 0 Å². The third kappa shape index (κ3) is 1.79. The van der Waals surface area contributed by atoms with Gasteiger partial charge in [-0.3, -0.25) is 4.79 Å². The molecular formula is C4H3F3O3S. The van der Waals surface area contributed by atoms with Gasteiger partial charge in [-0.05, 0) is 6.08 Å². The van der Waals surface area contributed by atoms with Crippen molar-refractivity contribution in [2.45, 2.75) is 5.51 Å². The van der Waals surface area contributed by atoms with Crippen molar-refractivity contribution in [1.82, 2.24) is 0 Å². The molecule has 0 amide bonds. The summed E-state index contributed by atoms with van der Waals surface area (Å²) in [6.07, 6.45) is 0.100. The van der Waals surface area contributed by atoms with E-state index < -0.39 is 20.5 Å². The molecule has 3 nitrogen and oxygen atoms in total. The number of sulfone groups is 1. The lowest BCUT2D eigenvalue weighted by molar-refractivity contribution is -0.109. The Morgan fingerprint density at radius 3 is 1.82 bits per heavy atom. The molecule has 0 aromatic heterocycles. The van der Waals surface area contributed by atoms with E-state index >= 15 is 0 Å². The second-order valence-corrected chi connectivity index (χ2v) is 3.34. The quantitative estimate of drug-likeness (QED) is 0.567. The number of rotatable bonds is 1. The summed E-state index contributed by atoms with van der Waals surface area (Å²) in [7, 11) is -5.68. The van der Waals surface area contributed by atoms with E-state index in [4.69, 9.17) is 0 Å². The molecule has 11 heavy (non-hydrogen) atoms. The van der Waals surface area contributed by atoms with Crippen LogP contribution in [0, 0.1) is 0 Å². The van der Waals surface area contributed by atoms with Crippen LogP contribution in [0.1, 0.15) is 0 Å². The summed E-state index contributed by atoms with van der Waals surface area (Å²) in [5, 5.41) is -2.04. The lowest BCUT2D eigenvalue weighted by Crippen LogP contribution is -2.29. The second-order valence-electron chi connectivity index (χ2n) is 1.47. The van der Waals surface area contributed by atoms with Crippen molar-refractivity contribution < 1.29 is 26.4 Å². The molecule has 0 unspecified atom stereocenters. The molecule has 0 N–H and O–H groups in total. The molecule has 0 heterocycles. The van der Waals surface area contributed by atoms with Gasteiger partial charge in [-0.15, -0.1) is 0 Å². The minimum Gasteiger partial charge on any atom is -0.276 e. The van der Waals surface area contributed by atoms with Gasteiger partial charge in [-0.1, -0.05) is 6.58 Å². The van der Waals surface area contributed by atoms with Crippen molar-refractivity contribution in [2.75, 3.05) is 0 Å². The van der Waals surface area contributed by atoms with Crippen LogP contribution in [0.4, 0.5) is 13.2 Å². The summed E-state index contributed by atoms with van der Waals surface area (Å²) >= 11 is 0. The van der Waals surface area contributed by atoms with Gasteiger partial charge in [0.25, 0.3) is 5.12 Å². The van der Waals surface area contributed by atoms with Crippen molar-refractivity contribution in [2.24, 2.45) is 0 Å². The number of carbonyl (C=O) groups is 1. The summed E-state index contributed by atoms with van der Waals surface area (Å²) in [4.78, 5) is 10.1. The zero-order valence-corrected chi connectivity index (χ0v) is 5.87. The average molecular weight is 188 g/mol. The number of hydrogen-bond donors (Lipinski definition) is 0. The molecule has 0 rings (SSSR count). The Labute approximate surface area is 60.4 Å². The lowest BCUT2D eigenvalue weighted by atomic mass is 10.7. The van der Waals surface area contributed by atoms with E-state index in [0.717, 1.165) is 0 Å². The minimum absolute atomic E-state index is 0.100. The van der Waals surface area contributed by atoms with Crippen molar-refractivity contribution >= 4 is 15.0 Å². The third-order valence-electron chi connectivity index (χ3n) is 0.736. The molecule has 0 fully saturated rings. The van der Waals surface area contributed by atoms with Gasteiger partial charge in [0.15, 0.2) is 0 Å². The lowest BCUT2D eigenvalue weighted by Gasteiger charge is -2.02. The summed E-state index contributed by atoms with van der Waals surface area (Å²) in [6, 6.07) is 0. The molecule has 64 valence electrons. The fraction of sp³-hybridized carbons (Fsp3) is 0.250. The molecule has 0 aliphatic rings. The van der Waals surface area contributed by atoms with Crippen molar-refractivity contribution in [3.63, 3.8) is 0 Å². The maximum absolute atomic E-state index is 11.4. The smallest absolute Gasteiger partial charge is 0.276 e. The summed E-state index contributed by atoms with van der Waals surface area (Å²) in [5.41, 5.74) is -5.53. The zero-order chi connectivity index (χ0) is 9.28. The Morgan fingerprint density at radius 2 is 1.73 bits per heavy atom. The van der Waals surface area contributed by atoms with Crippen LogP contribution in [0.3, 0.4) is 0 Å². The van der Waals surface area contributed by atoms with E-state index in [1.54, 1.807) is 0 Å². The second kappa shape index (κ2) is 2.65. The van der Waals surface area contributed by atoms with E-state index in [0.29, 0.717) is 0 Å². The Balaban J connectivity index is 5.08. The molecule has 7 heteroatoms. The first-order valence-corrected chi connectivity index (χ1v) is 3.69. The molecule has 0 saturated heterocycles. The molecule has 0 radical (unpaired) electrons. The van der Waals surface area contributed by atoms with E-state index in [-0.39, 0.29) is 6.08 Å². The van der Waals surface area contributed by atoms with Gasteiger partial charge in [0.2, 0.25) is 0 Å². The maximum Gasteiger partial charge on any atom is 0.505 e. The normalized spacial score (nSPS) is 12.6. The molecule has 0 bridgehead atoms. The number of alkyl halides is 3. The Hall–Kier alpha value is -0.850. The number of hydrogen-bond acceptors (Lipinski definition) is 3. The van der Waals surface area contributed by atoms with Crippen LogP contribution in [-0.4, -0.2) is 19.0 Å². The molecule has 0 aromatic carbocycles. The molecular weight excluding hydrogens is 185 g/mol. The monoisotopic (exact) mass is 188 g/mol. The minimum atomic E-state index is -5.68. The summed E-state index contributed by atoms with van der Waals surface area (Å²) in [6.45, 7) is 2.61. The van der Waals surface area contributed by atoms with E-state index in [2.05, 4.69) is 6.58 Å². The zero-order valence-electron chi connectivity index (χ0n) is 5.05. The fourth-order valence-corrected chi connectivity index (χ4v) is 0.671. The Kier molecular flexibility index (Phi) is 2.44. The van der Waals surface area contributed by atoms with Gasteiger partial charge in [0, 0.05) is 0 Å². The highest BCUT2D eigenvalue weighted by molar-refractivity contribution is 8.07. The van der Waals surface area contributed by atoms with Gasteiger partial charge < -0.3 is 0 Å². The van der Waals surface area contributed by atoms with Crippen molar-refractivity contribution in [3.8, 4) is 0 Å². The fourth-order valence-electron chi connectivity index (χ4n) is 0.224. The van der Waals surface area contributed by atoms with E-state index in [1.165, 1.54) is 0 Å². The van der Waals surface area contributed by atoms with Gasteiger partial charge in [-0.25, -0.2) is 8.42 Å². The van der Waals surface area contributed by atoms with Crippen LogP contribution in [0.15, 0.2) is 12.7 Å². The first-order valence-electron chi connectivity index (χ1n) is 2.21. The molecule has 0 saturated carbocycles. The average Bonchev–Trinajstić information content (AvgIpc) is 1.83. The van der Waals surface area contributed by atoms with Crippen LogP contribution in [-0.2, 0) is 14.6 Å². The first-order chi connectivity index (χ1) is 4.73. The maximum atomic E-state index is 11.4. The van der Waals surface area contributed by atoms with Crippen molar-refractivity contribution in [3.05, 3.63) is 12.7 Å². The van der Waals surface area contributed by atoms with Crippen LogP contribution < -0.4 is 0 Å². The van der Waals surface area contributed by atoms with E-state index in [1.807, 2.05) is 0 Å². The number of halogens is 3. The van der Waals surface area contributed by atoms with Crippen LogP contribution in [0.25, 0.3) is 0 Å². The van der Waals surface area contributed by atoms with Gasteiger partial charge in [-0.2, -0.15) is 13.2 Å². The molecule has 0 aliphatic carbocycles. The predicted molar refractivity (Wildman–Crippen MR) is 30.2 cm³/mol. The topological polar surface area (TPSA) is 51.2 Å². The first kappa shape index (κ1) is 10.2. The Bertz CT molecular complexity index is 273. The van der Waals surface area contributed by atoms with Crippen LogP contribution in [0.2, 0.25) is 0 Å². The molecule has 0 aromatic rings. The van der Waals surface area contributed by atoms with Crippen molar-refractivity contribution in [1.29, 1.82) is 0 Å². The van der Waals surface area contributed by atoms with Gasteiger partial charge in [0.05, 0.1) is 0 Å². The largest absolute Gasteiger partial charge is 0.505 e. The molecule has 0 atom stereocenters. The Morgan fingerprint density at radius 1 is 1.36 bits per heavy atom. The standard InChI is InChI=1S/C4H3F3O3S/c1-2-3(8)11(9,10)4(5,6)7/h2H,1H2. The van der Waals surface area contributed by atoms with Gasteiger partial charge >= 0.3 is 15.3 Å². The highest BCUT2D eigenvalue weighted by Crippen LogP contribution is 2.24. The molecule has 0 spiro atoms. The number of carbonyl (C=O) groups excluding carboxylic acids is 1. The third-order valence-corrected chi connectivity index (χ3v) is 2.04. The SMILES string of the molecule is C=CC(=O)S(=O)(=O)C(F)(F)F. The molecule has 0 aliphatic heterocycles. The summed E-state index contributed by atoms with van der Waals surface area (Å²) in [5.74, 6) is 0. The highest BCUT2D eigenvalue weighted by Gasteiger charge is 2.49. The van der Waals surface area contributed by atoms with Crippen LogP contribution in [0.5, 0.6) is 0 Å². The van der Waals surface area contributed by atoms with Crippen LogP contribution >= 0.6 is 0 Å². The van der Waals surface area contributed by atoms with E-state index in [9.17, 15) is 26.4 Å². The summed E-state index contributed by atoms with van der Waals surface area (Å²) < 4.78 is 54.3.